The predicted octanol–water partition coefficient (Wildman–Crippen LogP) is 7.37. The average molecular weight is 546 g/mol. The summed E-state index contributed by atoms with van der Waals surface area (Å²) in [5.74, 6) is 1.39. The van der Waals surface area contributed by atoms with Gasteiger partial charge in [-0.25, -0.2) is 0 Å². The molecule has 2 aliphatic rings. The van der Waals surface area contributed by atoms with Gasteiger partial charge in [0.15, 0.2) is 0 Å². The van der Waals surface area contributed by atoms with Crippen LogP contribution in [0.3, 0.4) is 0 Å². The minimum absolute atomic E-state index is 0.175. The lowest BCUT2D eigenvalue weighted by molar-refractivity contribution is 0.115. The topological polar surface area (TPSA) is 26.7 Å². The number of aliphatic hydroxyl groups excluding tert-OH is 1. The molecule has 1 aromatic heterocycles. The molecule has 2 aromatic carbocycles. The van der Waals surface area contributed by atoms with E-state index < -0.39 is 0 Å². The molecule has 1 unspecified atom stereocenters. The Morgan fingerprint density at radius 3 is 2.47 bits per heavy atom. The molecule has 0 amide bonds. The SMILES string of the molecule is CN1CCC(CC(O)Cc2ccccc2)CC1.Clc1ccc(CN2CC[C@@H](c3ccsc3)C2)c(Cl)c1. The number of halogens is 2. The highest BCUT2D eigenvalue weighted by Crippen LogP contribution is 2.31. The number of hydrogen-bond acceptors (Lipinski definition) is 4. The lowest BCUT2D eigenvalue weighted by atomic mass is 9.89. The first kappa shape index (κ1) is 27.6. The number of piperidine rings is 1. The lowest BCUT2D eigenvalue weighted by Gasteiger charge is -2.30. The molecule has 3 heterocycles. The summed E-state index contributed by atoms with van der Waals surface area (Å²) in [6.45, 7) is 5.54. The van der Waals surface area contributed by atoms with Crippen molar-refractivity contribution in [3.63, 3.8) is 0 Å². The van der Waals surface area contributed by atoms with Gasteiger partial charge in [0.1, 0.15) is 0 Å². The molecule has 0 saturated carbocycles. The molecular formula is C30H38Cl2N2OS. The third-order valence-corrected chi connectivity index (χ3v) is 8.74. The van der Waals surface area contributed by atoms with E-state index in [4.69, 9.17) is 23.2 Å². The van der Waals surface area contributed by atoms with Gasteiger partial charge in [-0.3, -0.25) is 4.90 Å². The smallest absolute Gasteiger partial charge is 0.0583 e. The van der Waals surface area contributed by atoms with E-state index in [2.05, 4.69) is 45.8 Å². The van der Waals surface area contributed by atoms with Gasteiger partial charge in [0.05, 0.1) is 6.10 Å². The van der Waals surface area contributed by atoms with E-state index in [-0.39, 0.29) is 6.10 Å². The van der Waals surface area contributed by atoms with Crippen molar-refractivity contribution in [1.82, 2.24) is 9.80 Å². The molecule has 0 aliphatic carbocycles. The number of thiophene rings is 1. The first-order valence-electron chi connectivity index (χ1n) is 13.0. The number of likely N-dealkylation sites (tertiary alicyclic amines) is 2. The van der Waals surface area contributed by atoms with Crippen LogP contribution in [0.2, 0.25) is 10.0 Å². The van der Waals surface area contributed by atoms with Crippen molar-refractivity contribution in [2.24, 2.45) is 5.92 Å². The van der Waals surface area contributed by atoms with Crippen LogP contribution in [0, 0.1) is 5.92 Å². The molecule has 36 heavy (non-hydrogen) atoms. The van der Waals surface area contributed by atoms with Gasteiger partial charge < -0.3 is 10.0 Å². The Labute approximate surface area is 230 Å². The van der Waals surface area contributed by atoms with Crippen molar-refractivity contribution in [3.05, 3.63) is 92.1 Å². The molecule has 2 aliphatic heterocycles. The van der Waals surface area contributed by atoms with E-state index >= 15 is 0 Å². The minimum atomic E-state index is -0.175. The maximum Gasteiger partial charge on any atom is 0.0583 e. The molecule has 0 spiro atoms. The van der Waals surface area contributed by atoms with Crippen molar-refractivity contribution >= 4 is 34.5 Å². The van der Waals surface area contributed by atoms with Crippen LogP contribution >= 0.6 is 34.5 Å². The molecule has 0 bridgehead atoms. The fourth-order valence-electron chi connectivity index (χ4n) is 5.30. The highest BCUT2D eigenvalue weighted by atomic mass is 35.5. The van der Waals surface area contributed by atoms with Crippen molar-refractivity contribution in [2.75, 3.05) is 33.2 Å². The molecule has 2 saturated heterocycles. The quantitative estimate of drug-likeness (QED) is 0.336. The van der Waals surface area contributed by atoms with E-state index in [1.807, 2.05) is 36.4 Å². The van der Waals surface area contributed by atoms with E-state index in [0.717, 1.165) is 43.1 Å². The fraction of sp³-hybridized carbons (Fsp3) is 0.467. The molecule has 194 valence electrons. The second-order valence-electron chi connectivity index (χ2n) is 10.3. The Hall–Kier alpha value is -1.40. The minimum Gasteiger partial charge on any atom is -0.393 e. The maximum absolute atomic E-state index is 10.1. The standard InChI is InChI=1S/C15H15Cl2NS.C15H23NO/c16-14-2-1-12(15(17)7-14)9-18-5-3-11(8-18)13-4-6-19-10-13;1-16-9-7-14(8-10-16)12-15(17)11-13-5-3-2-4-6-13/h1-2,4,6-7,10-11H,3,5,8-9H2;2-6,14-15,17H,7-12H2,1H3/t11-;/m1./s1. The summed E-state index contributed by atoms with van der Waals surface area (Å²) in [5, 5.41) is 16.0. The van der Waals surface area contributed by atoms with Gasteiger partial charge in [-0.1, -0.05) is 59.6 Å². The number of hydrogen-bond donors (Lipinski definition) is 1. The van der Waals surface area contributed by atoms with Crippen LogP contribution in [0.5, 0.6) is 0 Å². The van der Waals surface area contributed by atoms with Crippen molar-refractivity contribution < 1.29 is 5.11 Å². The summed E-state index contributed by atoms with van der Waals surface area (Å²) < 4.78 is 0. The third-order valence-electron chi connectivity index (χ3n) is 7.45. The predicted molar refractivity (Wildman–Crippen MR) is 154 cm³/mol. The Morgan fingerprint density at radius 2 is 1.78 bits per heavy atom. The van der Waals surface area contributed by atoms with Gasteiger partial charge >= 0.3 is 0 Å². The largest absolute Gasteiger partial charge is 0.393 e. The zero-order valence-electron chi connectivity index (χ0n) is 21.2. The third kappa shape index (κ3) is 8.58. The molecule has 6 heteroatoms. The van der Waals surface area contributed by atoms with E-state index in [0.29, 0.717) is 16.9 Å². The maximum atomic E-state index is 10.1. The highest BCUT2D eigenvalue weighted by molar-refractivity contribution is 7.08. The Kier molecular flexibility index (Phi) is 10.7. The second-order valence-corrected chi connectivity index (χ2v) is 12.0. The molecule has 3 nitrogen and oxygen atoms in total. The summed E-state index contributed by atoms with van der Waals surface area (Å²) in [4.78, 5) is 4.84. The van der Waals surface area contributed by atoms with Gasteiger partial charge in [-0.15, -0.1) is 0 Å². The summed E-state index contributed by atoms with van der Waals surface area (Å²) >= 11 is 13.9. The van der Waals surface area contributed by atoms with E-state index in [9.17, 15) is 5.11 Å². The van der Waals surface area contributed by atoms with E-state index in [1.165, 1.54) is 43.5 Å². The van der Waals surface area contributed by atoms with Gasteiger partial charge in [0.25, 0.3) is 0 Å². The zero-order chi connectivity index (χ0) is 25.3. The number of benzene rings is 2. The summed E-state index contributed by atoms with van der Waals surface area (Å²) in [6.07, 6.45) is 5.30. The Balaban J connectivity index is 0.000000170. The van der Waals surface area contributed by atoms with Crippen LogP contribution in [0.4, 0.5) is 0 Å². The van der Waals surface area contributed by atoms with Crippen LogP contribution in [0.15, 0.2) is 65.4 Å². The zero-order valence-corrected chi connectivity index (χ0v) is 23.5. The van der Waals surface area contributed by atoms with Crippen LogP contribution in [-0.2, 0) is 13.0 Å². The number of rotatable bonds is 7. The molecule has 3 aromatic rings. The molecule has 5 rings (SSSR count). The normalized spacial score (nSPS) is 20.2. The van der Waals surface area contributed by atoms with Crippen molar-refractivity contribution in [2.45, 2.75) is 50.7 Å². The molecule has 2 fully saturated rings. The average Bonchev–Trinajstić information content (AvgIpc) is 3.56. The second kappa shape index (κ2) is 13.9. The lowest BCUT2D eigenvalue weighted by Crippen LogP contribution is -2.32. The van der Waals surface area contributed by atoms with E-state index in [1.54, 1.807) is 11.3 Å². The summed E-state index contributed by atoms with van der Waals surface area (Å²) in [6, 6.07) is 18.3. The molecule has 1 N–H and O–H groups in total. The summed E-state index contributed by atoms with van der Waals surface area (Å²) in [7, 11) is 2.18. The van der Waals surface area contributed by atoms with Crippen LogP contribution < -0.4 is 0 Å². The van der Waals surface area contributed by atoms with Gasteiger partial charge in [0, 0.05) is 23.1 Å². The molecular weight excluding hydrogens is 507 g/mol. The van der Waals surface area contributed by atoms with Crippen molar-refractivity contribution in [1.29, 1.82) is 0 Å². The van der Waals surface area contributed by atoms with Gasteiger partial charge in [-0.05, 0) is 116 Å². The number of nitrogens with zero attached hydrogens (tertiary/aromatic N) is 2. The monoisotopic (exact) mass is 544 g/mol. The van der Waals surface area contributed by atoms with Crippen LogP contribution in [0.25, 0.3) is 0 Å². The highest BCUT2D eigenvalue weighted by Gasteiger charge is 2.24. The van der Waals surface area contributed by atoms with Gasteiger partial charge in [-0.2, -0.15) is 11.3 Å². The van der Waals surface area contributed by atoms with Gasteiger partial charge in [0.2, 0.25) is 0 Å². The van der Waals surface area contributed by atoms with Crippen LogP contribution in [-0.4, -0.2) is 54.2 Å². The molecule has 0 radical (unpaired) electrons. The summed E-state index contributed by atoms with van der Waals surface area (Å²) in [5.41, 5.74) is 3.89. The Morgan fingerprint density at radius 1 is 1.00 bits per heavy atom. The Bertz CT molecular complexity index is 1040. The van der Waals surface area contributed by atoms with Crippen LogP contribution in [0.1, 0.15) is 48.3 Å². The molecule has 2 atom stereocenters. The number of aliphatic hydroxyl groups is 1. The first-order chi connectivity index (χ1) is 17.5. The fourth-order valence-corrected chi connectivity index (χ4v) is 6.51. The van der Waals surface area contributed by atoms with Crippen molar-refractivity contribution in [3.8, 4) is 0 Å². The first-order valence-corrected chi connectivity index (χ1v) is 14.7.